The molecule has 2 aliphatic rings. The molecular weight excluding hydrogens is 260 g/mol. The van der Waals surface area contributed by atoms with E-state index < -0.39 is 0 Å². The summed E-state index contributed by atoms with van der Waals surface area (Å²) in [7, 11) is 0. The van der Waals surface area contributed by atoms with Gasteiger partial charge in [0.2, 0.25) is 0 Å². The second-order valence-corrected chi connectivity index (χ2v) is 5.97. The van der Waals surface area contributed by atoms with E-state index in [1.807, 2.05) is 18.2 Å². The molecule has 3 nitrogen and oxygen atoms in total. The lowest BCUT2D eigenvalue weighted by Crippen LogP contribution is -2.50. The first kappa shape index (κ1) is 13.2. The van der Waals surface area contributed by atoms with Crippen molar-refractivity contribution in [3.05, 3.63) is 28.8 Å². The highest BCUT2D eigenvalue weighted by Gasteiger charge is 2.41. The summed E-state index contributed by atoms with van der Waals surface area (Å²) >= 11 is 6.13. The second kappa shape index (κ2) is 5.31. The van der Waals surface area contributed by atoms with E-state index in [0.717, 1.165) is 49.7 Å². The van der Waals surface area contributed by atoms with Gasteiger partial charge >= 0.3 is 0 Å². The van der Waals surface area contributed by atoms with Gasteiger partial charge in [-0.2, -0.15) is 0 Å². The fraction of sp³-hybridized carbons (Fsp3) is 0.600. The summed E-state index contributed by atoms with van der Waals surface area (Å²) in [6.45, 7) is 5.20. The van der Waals surface area contributed by atoms with Gasteiger partial charge < -0.3 is 15.4 Å². The number of hydrogen-bond donors (Lipinski definition) is 2. The van der Waals surface area contributed by atoms with Crippen LogP contribution < -0.4 is 15.4 Å². The summed E-state index contributed by atoms with van der Waals surface area (Å²) in [4.78, 5) is 0. The fourth-order valence-electron chi connectivity index (χ4n) is 3.26. The first-order valence-corrected chi connectivity index (χ1v) is 7.53. The van der Waals surface area contributed by atoms with Gasteiger partial charge in [0.1, 0.15) is 11.4 Å². The van der Waals surface area contributed by atoms with Crippen LogP contribution in [0.1, 0.15) is 37.8 Å². The molecule has 104 valence electrons. The van der Waals surface area contributed by atoms with Crippen LogP contribution in [0.3, 0.4) is 0 Å². The molecule has 0 radical (unpaired) electrons. The number of nitrogens with one attached hydrogen (secondary N) is 2. The lowest BCUT2D eigenvalue weighted by Gasteiger charge is -2.45. The molecule has 4 heteroatoms. The van der Waals surface area contributed by atoms with Gasteiger partial charge in [0, 0.05) is 23.0 Å². The largest absolute Gasteiger partial charge is 0.487 e. The molecule has 2 heterocycles. The van der Waals surface area contributed by atoms with Gasteiger partial charge in [-0.1, -0.05) is 18.5 Å². The summed E-state index contributed by atoms with van der Waals surface area (Å²) in [5.74, 6) is 1.00. The van der Waals surface area contributed by atoms with Gasteiger partial charge in [0.05, 0.1) is 0 Å². The first-order valence-electron chi connectivity index (χ1n) is 7.15. The van der Waals surface area contributed by atoms with Crippen molar-refractivity contribution in [3.8, 4) is 5.75 Å². The number of ether oxygens (including phenoxy) is 1. The van der Waals surface area contributed by atoms with E-state index in [1.165, 1.54) is 5.56 Å². The van der Waals surface area contributed by atoms with E-state index in [9.17, 15) is 0 Å². The minimum Gasteiger partial charge on any atom is -0.487 e. The summed E-state index contributed by atoms with van der Waals surface area (Å²) in [6, 6.07) is 6.33. The van der Waals surface area contributed by atoms with E-state index in [2.05, 4.69) is 17.6 Å². The zero-order valence-corrected chi connectivity index (χ0v) is 12.1. The van der Waals surface area contributed by atoms with Crippen LogP contribution in [0.4, 0.5) is 0 Å². The van der Waals surface area contributed by atoms with Crippen LogP contribution in [0.25, 0.3) is 0 Å². The van der Waals surface area contributed by atoms with E-state index in [-0.39, 0.29) is 5.60 Å². The molecule has 2 N–H and O–H groups in total. The lowest BCUT2D eigenvalue weighted by atomic mass is 9.81. The Hall–Kier alpha value is -0.770. The minimum atomic E-state index is -0.00108. The standard InChI is InChI=1S/C15H21ClN2O/c1-2-18-13-10-15(5-7-17-8-6-15)19-14-4-3-11(16)9-12(13)14/h3-4,9,13,17-18H,2,5-8,10H2,1H3. The number of piperidine rings is 1. The molecule has 2 aliphatic heterocycles. The number of halogens is 1. The van der Waals surface area contributed by atoms with Gasteiger partial charge in [0.25, 0.3) is 0 Å². The predicted molar refractivity (Wildman–Crippen MR) is 77.9 cm³/mol. The van der Waals surface area contributed by atoms with Crippen molar-refractivity contribution in [1.29, 1.82) is 0 Å². The summed E-state index contributed by atoms with van der Waals surface area (Å²) < 4.78 is 6.35. The maximum Gasteiger partial charge on any atom is 0.125 e. The topological polar surface area (TPSA) is 33.3 Å². The van der Waals surface area contributed by atoms with Crippen LogP contribution in [0.5, 0.6) is 5.75 Å². The zero-order valence-electron chi connectivity index (χ0n) is 11.3. The smallest absolute Gasteiger partial charge is 0.125 e. The van der Waals surface area contributed by atoms with Crippen molar-refractivity contribution >= 4 is 11.6 Å². The molecule has 1 spiro atoms. The molecule has 0 aromatic heterocycles. The number of rotatable bonds is 2. The Labute approximate surface area is 119 Å². The third-order valence-corrected chi connectivity index (χ3v) is 4.45. The van der Waals surface area contributed by atoms with Gasteiger partial charge in [-0.25, -0.2) is 0 Å². The monoisotopic (exact) mass is 280 g/mol. The molecule has 19 heavy (non-hydrogen) atoms. The van der Waals surface area contributed by atoms with Crippen LogP contribution in [-0.4, -0.2) is 25.2 Å². The van der Waals surface area contributed by atoms with Gasteiger partial charge in [-0.15, -0.1) is 0 Å². The van der Waals surface area contributed by atoms with Crippen molar-refractivity contribution in [2.45, 2.75) is 37.8 Å². The average molecular weight is 281 g/mol. The summed E-state index contributed by atoms with van der Waals surface area (Å²) in [5.41, 5.74) is 1.21. The highest BCUT2D eigenvalue weighted by atomic mass is 35.5. The zero-order chi connectivity index (χ0) is 13.3. The third kappa shape index (κ3) is 2.60. The highest BCUT2D eigenvalue weighted by Crippen LogP contribution is 2.44. The molecule has 1 atom stereocenters. The Balaban J connectivity index is 1.94. The second-order valence-electron chi connectivity index (χ2n) is 5.53. The molecular formula is C15H21ClN2O. The van der Waals surface area contributed by atoms with Crippen LogP contribution in [0.2, 0.25) is 5.02 Å². The molecule has 0 bridgehead atoms. The maximum absolute atomic E-state index is 6.35. The molecule has 3 rings (SSSR count). The molecule has 1 aromatic rings. The van der Waals surface area contributed by atoms with E-state index in [4.69, 9.17) is 16.3 Å². The Bertz CT molecular complexity index is 457. The average Bonchev–Trinajstić information content (AvgIpc) is 2.41. The van der Waals surface area contributed by atoms with Crippen molar-refractivity contribution in [3.63, 3.8) is 0 Å². The summed E-state index contributed by atoms with van der Waals surface area (Å²) in [6.07, 6.45) is 3.20. The van der Waals surface area contributed by atoms with Gasteiger partial charge in [-0.3, -0.25) is 0 Å². The maximum atomic E-state index is 6.35. The van der Waals surface area contributed by atoms with Crippen LogP contribution in [0.15, 0.2) is 18.2 Å². The molecule has 1 aromatic carbocycles. The van der Waals surface area contributed by atoms with Gasteiger partial charge in [0.15, 0.2) is 0 Å². The van der Waals surface area contributed by atoms with Crippen LogP contribution in [-0.2, 0) is 0 Å². The van der Waals surface area contributed by atoms with E-state index >= 15 is 0 Å². The molecule has 1 saturated heterocycles. The van der Waals surface area contributed by atoms with Crippen LogP contribution >= 0.6 is 11.6 Å². The quantitative estimate of drug-likeness (QED) is 0.874. The molecule has 0 saturated carbocycles. The minimum absolute atomic E-state index is 0.00108. The first-order chi connectivity index (χ1) is 9.22. The Morgan fingerprint density at radius 2 is 2.21 bits per heavy atom. The highest BCUT2D eigenvalue weighted by molar-refractivity contribution is 6.30. The third-order valence-electron chi connectivity index (χ3n) is 4.22. The Morgan fingerprint density at radius 1 is 1.42 bits per heavy atom. The Morgan fingerprint density at radius 3 is 2.95 bits per heavy atom. The number of fused-ring (bicyclic) bond motifs is 1. The van der Waals surface area contributed by atoms with E-state index in [0.29, 0.717) is 6.04 Å². The SMILES string of the molecule is CCNC1CC2(CCNCC2)Oc2ccc(Cl)cc21. The van der Waals surface area contributed by atoms with Crippen molar-refractivity contribution in [2.75, 3.05) is 19.6 Å². The number of benzene rings is 1. The Kier molecular flexibility index (Phi) is 3.70. The summed E-state index contributed by atoms with van der Waals surface area (Å²) in [5, 5.41) is 7.78. The van der Waals surface area contributed by atoms with Crippen molar-refractivity contribution < 1.29 is 4.74 Å². The molecule has 0 aliphatic carbocycles. The van der Waals surface area contributed by atoms with Crippen molar-refractivity contribution in [2.24, 2.45) is 0 Å². The van der Waals surface area contributed by atoms with Crippen molar-refractivity contribution in [1.82, 2.24) is 10.6 Å². The van der Waals surface area contributed by atoms with E-state index in [1.54, 1.807) is 0 Å². The fourth-order valence-corrected chi connectivity index (χ4v) is 3.44. The van der Waals surface area contributed by atoms with Crippen LogP contribution in [0, 0.1) is 0 Å². The molecule has 1 fully saturated rings. The van der Waals surface area contributed by atoms with Gasteiger partial charge in [-0.05, 0) is 50.7 Å². The molecule has 0 amide bonds. The predicted octanol–water partition coefficient (Wildman–Crippen LogP) is 2.90. The lowest BCUT2D eigenvalue weighted by molar-refractivity contribution is 0.00341. The normalized spacial score (nSPS) is 24.8. The number of hydrogen-bond acceptors (Lipinski definition) is 3. The molecule has 1 unspecified atom stereocenters.